The van der Waals surface area contributed by atoms with Gasteiger partial charge in [0, 0.05) is 0 Å². The van der Waals surface area contributed by atoms with Crippen molar-refractivity contribution < 1.29 is 18.3 Å². The molecular weight excluding hydrogens is 256 g/mol. The van der Waals surface area contributed by atoms with E-state index in [1.807, 2.05) is 0 Å². The smallest absolute Gasteiger partial charge is 0.475 e. The second-order valence-corrected chi connectivity index (χ2v) is 5.32. The van der Waals surface area contributed by atoms with Crippen LogP contribution in [0.4, 0.5) is 0 Å². The Labute approximate surface area is 105 Å². The summed E-state index contributed by atoms with van der Waals surface area (Å²) in [5, 5.41) is 17.2. The molecule has 18 heavy (non-hydrogen) atoms. The predicted octanol–water partition coefficient (Wildman–Crippen LogP) is 2.34. The first-order chi connectivity index (χ1) is 8.43. The number of hydrogen-bond acceptors (Lipinski definition) is 5. The summed E-state index contributed by atoms with van der Waals surface area (Å²) in [4.78, 5) is 2.50. The molecule has 0 saturated heterocycles. The van der Waals surface area contributed by atoms with Gasteiger partial charge in [-0.3, -0.25) is 0 Å². The Morgan fingerprint density at radius 2 is 1.94 bits per heavy atom. The van der Waals surface area contributed by atoms with Gasteiger partial charge in [-0.25, -0.2) is 8.42 Å². The van der Waals surface area contributed by atoms with Crippen LogP contribution in [-0.4, -0.2) is 20.1 Å². The quantitative estimate of drug-likeness (QED) is 0.669. The molecule has 0 unspecified atom stereocenters. The van der Waals surface area contributed by atoms with Crippen molar-refractivity contribution in [3.63, 3.8) is 0 Å². The van der Waals surface area contributed by atoms with Crippen LogP contribution in [0.3, 0.4) is 0 Å². The third-order valence-corrected chi connectivity index (χ3v) is 3.80. The molecule has 0 radical (unpaired) electrons. The normalized spacial score (nSPS) is 12.5. The molecule has 0 aliphatic carbocycles. The summed E-state index contributed by atoms with van der Waals surface area (Å²) in [6.45, 7) is 3.42. The second-order valence-electron chi connectivity index (χ2n) is 3.46. The van der Waals surface area contributed by atoms with Gasteiger partial charge in [0.25, 0.3) is 9.84 Å². The summed E-state index contributed by atoms with van der Waals surface area (Å²) < 4.78 is 28.7. The van der Waals surface area contributed by atoms with Crippen LogP contribution >= 0.6 is 0 Å². The van der Waals surface area contributed by atoms with Gasteiger partial charge in [0.15, 0.2) is 4.98 Å². The molecule has 0 heterocycles. The van der Waals surface area contributed by atoms with Crippen molar-refractivity contribution in [2.24, 2.45) is 0 Å². The van der Waals surface area contributed by atoms with E-state index in [2.05, 4.69) is 9.71 Å². The number of hydrogen-bond donors (Lipinski definition) is 1. The lowest BCUT2D eigenvalue weighted by Gasteiger charge is -2.00. The summed E-state index contributed by atoms with van der Waals surface area (Å²) in [5.41, 5.74) is 0.884. The maximum Gasteiger partial charge on any atom is 0.557 e. The maximum absolute atomic E-state index is 12.0. The minimum atomic E-state index is -4.10. The van der Waals surface area contributed by atoms with Gasteiger partial charge >= 0.3 is 11.0 Å². The van der Waals surface area contributed by atoms with E-state index in [1.54, 1.807) is 26.0 Å². The van der Waals surface area contributed by atoms with Gasteiger partial charge in [0.2, 0.25) is 5.39 Å². The molecule has 96 valence electrons. The van der Waals surface area contributed by atoms with Gasteiger partial charge in [0.1, 0.15) is 0 Å². The first-order valence-electron chi connectivity index (χ1n) is 5.16. The van der Waals surface area contributed by atoms with Crippen LogP contribution in [0, 0.1) is 12.3 Å². The van der Waals surface area contributed by atoms with Crippen LogP contribution in [0.25, 0.3) is 4.98 Å². The zero-order chi connectivity index (χ0) is 13.8. The van der Waals surface area contributed by atoms with Crippen LogP contribution < -0.4 is 0 Å². The molecule has 0 saturated carbocycles. The topological polar surface area (TPSA) is 91.8 Å². The molecule has 1 N–H and O–H groups in total. The summed E-state index contributed by atoms with van der Waals surface area (Å²) in [5.74, 6) is -0.930. The highest BCUT2D eigenvalue weighted by molar-refractivity contribution is 7.95. The lowest BCUT2D eigenvalue weighted by Crippen LogP contribution is -2.07. The molecule has 0 aliphatic heterocycles. The molecule has 0 atom stereocenters. The van der Waals surface area contributed by atoms with Crippen molar-refractivity contribution >= 4 is 9.84 Å². The Balaban J connectivity index is 3.33. The SMILES string of the molecule is CCO/C(O)=C(/[N+]#N)S(=O)(=O)c1ccc(C)cc1. The van der Waals surface area contributed by atoms with Gasteiger partial charge in [-0.05, 0) is 26.0 Å². The van der Waals surface area contributed by atoms with E-state index >= 15 is 0 Å². The number of ether oxygens (including phenoxy) is 1. The molecule has 1 aromatic rings. The van der Waals surface area contributed by atoms with Crippen molar-refractivity contribution in [2.45, 2.75) is 18.7 Å². The summed E-state index contributed by atoms with van der Waals surface area (Å²) in [7, 11) is -4.10. The predicted molar refractivity (Wildman–Crippen MR) is 64.7 cm³/mol. The third-order valence-electron chi connectivity index (χ3n) is 2.14. The van der Waals surface area contributed by atoms with Crippen LogP contribution in [0.1, 0.15) is 12.5 Å². The fourth-order valence-corrected chi connectivity index (χ4v) is 2.35. The molecule has 6 nitrogen and oxygen atoms in total. The number of diazo groups is 1. The van der Waals surface area contributed by atoms with E-state index in [0.717, 1.165) is 5.56 Å². The van der Waals surface area contributed by atoms with Crippen LogP contribution in [0.2, 0.25) is 0 Å². The van der Waals surface area contributed by atoms with Gasteiger partial charge in [0.05, 0.1) is 11.5 Å². The van der Waals surface area contributed by atoms with Crippen LogP contribution in [0.15, 0.2) is 40.1 Å². The van der Waals surface area contributed by atoms with Crippen molar-refractivity contribution in [2.75, 3.05) is 6.61 Å². The number of aliphatic hydroxyl groups is 1. The number of aliphatic hydroxyl groups excluding tert-OH is 1. The highest BCUT2D eigenvalue weighted by atomic mass is 32.2. The van der Waals surface area contributed by atoms with Gasteiger partial charge in [-0.15, -0.1) is 0 Å². The fraction of sp³-hybridized carbons (Fsp3) is 0.273. The average Bonchev–Trinajstić information content (AvgIpc) is 2.30. The Hall–Kier alpha value is -2.07. The van der Waals surface area contributed by atoms with E-state index < -0.39 is 20.8 Å². The monoisotopic (exact) mass is 269 g/mol. The molecule has 1 aromatic carbocycles. The molecule has 0 fully saturated rings. The summed E-state index contributed by atoms with van der Waals surface area (Å²) in [6, 6.07) is 5.91. The number of nitrogens with zero attached hydrogens (tertiary/aromatic N) is 2. The van der Waals surface area contributed by atoms with E-state index in [1.165, 1.54) is 12.1 Å². The maximum atomic E-state index is 12.0. The number of sulfone groups is 1. The zero-order valence-corrected chi connectivity index (χ0v) is 10.8. The van der Waals surface area contributed by atoms with Crippen molar-refractivity contribution in [3.05, 3.63) is 45.8 Å². The van der Waals surface area contributed by atoms with E-state index in [4.69, 9.17) is 5.39 Å². The molecule has 7 heteroatoms. The third kappa shape index (κ3) is 2.78. The first-order valence-corrected chi connectivity index (χ1v) is 6.64. The molecule has 0 aromatic heterocycles. The highest BCUT2D eigenvalue weighted by Gasteiger charge is 2.39. The number of rotatable bonds is 4. The molecule has 0 bridgehead atoms. The second kappa shape index (κ2) is 5.51. The number of aryl methyl sites for hydroxylation is 1. The fourth-order valence-electron chi connectivity index (χ4n) is 1.24. The van der Waals surface area contributed by atoms with E-state index in [0.29, 0.717) is 0 Å². The van der Waals surface area contributed by atoms with Crippen molar-refractivity contribution in [1.29, 1.82) is 5.39 Å². The lowest BCUT2D eigenvalue weighted by molar-refractivity contribution is 0.101. The molecule has 1 rings (SSSR count). The van der Waals surface area contributed by atoms with E-state index in [9.17, 15) is 13.5 Å². The van der Waals surface area contributed by atoms with E-state index in [-0.39, 0.29) is 11.5 Å². The summed E-state index contributed by atoms with van der Waals surface area (Å²) in [6.07, 6.45) is 0. The molecule has 0 amide bonds. The molecular formula is C11H13N2O4S+. The Morgan fingerprint density at radius 1 is 1.39 bits per heavy atom. The summed E-state index contributed by atoms with van der Waals surface area (Å²) >= 11 is 0. The molecule has 0 aliphatic rings. The Bertz CT molecular complexity index is 597. The average molecular weight is 269 g/mol. The highest BCUT2D eigenvalue weighted by Crippen LogP contribution is 2.23. The Kier molecular flexibility index (Phi) is 4.28. The minimum absolute atomic E-state index is 0.0499. The zero-order valence-electron chi connectivity index (χ0n) is 9.99. The van der Waals surface area contributed by atoms with Gasteiger partial charge in [-0.2, -0.15) is 0 Å². The van der Waals surface area contributed by atoms with Crippen molar-refractivity contribution in [1.82, 2.24) is 0 Å². The number of benzene rings is 1. The standard InChI is InChI=1S/C11H12N2O4S/c1-3-17-11(14)10(13-12)18(15,16)9-6-4-8(2)5-7-9/h4-7H,3H2,1-2H3/p+1/b11-10-. The minimum Gasteiger partial charge on any atom is -0.475 e. The Morgan fingerprint density at radius 3 is 2.39 bits per heavy atom. The van der Waals surface area contributed by atoms with Crippen LogP contribution in [0.5, 0.6) is 0 Å². The lowest BCUT2D eigenvalue weighted by atomic mass is 10.2. The first kappa shape index (κ1) is 14.0. The van der Waals surface area contributed by atoms with Gasteiger partial charge in [-0.1, -0.05) is 17.7 Å². The van der Waals surface area contributed by atoms with Gasteiger partial charge < -0.3 is 9.84 Å². The molecule has 0 spiro atoms. The van der Waals surface area contributed by atoms with Crippen molar-refractivity contribution in [3.8, 4) is 0 Å². The van der Waals surface area contributed by atoms with Crippen LogP contribution in [-0.2, 0) is 14.6 Å². The largest absolute Gasteiger partial charge is 0.557 e.